The van der Waals surface area contributed by atoms with Crippen molar-refractivity contribution in [1.82, 2.24) is 0 Å². The summed E-state index contributed by atoms with van der Waals surface area (Å²) in [5.41, 5.74) is 0. The Kier molecular flexibility index (Phi) is 3.00. The zero-order chi connectivity index (χ0) is 10.1. The van der Waals surface area contributed by atoms with Gasteiger partial charge in [0.15, 0.2) is 5.06 Å². The number of fused-ring (bicyclic) bond motifs is 1. The number of hydrogen-bond donors (Lipinski definition) is 0. The topological polar surface area (TPSA) is 9.23 Å². The van der Waals surface area contributed by atoms with Crippen LogP contribution >= 0.6 is 38.9 Å². The number of benzene rings is 1. The molecular weight excluding hydrogens is 284 g/mol. The third-order valence-corrected chi connectivity index (χ3v) is 4.20. The van der Waals surface area contributed by atoms with Crippen molar-refractivity contribution in [2.75, 3.05) is 6.61 Å². The largest absolute Gasteiger partial charge is 0.483 e. The molecule has 14 heavy (non-hydrogen) atoms. The van der Waals surface area contributed by atoms with Gasteiger partial charge in [0, 0.05) is 15.1 Å². The maximum absolute atomic E-state index is 5.92. The maximum atomic E-state index is 5.92. The van der Waals surface area contributed by atoms with E-state index in [0.717, 1.165) is 19.9 Å². The van der Waals surface area contributed by atoms with E-state index in [4.69, 9.17) is 16.3 Å². The molecule has 0 aliphatic carbocycles. The van der Waals surface area contributed by atoms with Gasteiger partial charge >= 0.3 is 0 Å². The molecule has 0 fully saturated rings. The number of halogens is 2. The molecule has 1 heterocycles. The number of rotatable bonds is 2. The van der Waals surface area contributed by atoms with Crippen LogP contribution < -0.4 is 4.74 Å². The number of thiophene rings is 1. The Morgan fingerprint density at radius 3 is 3.00 bits per heavy atom. The average molecular weight is 292 g/mol. The van der Waals surface area contributed by atoms with Crippen LogP contribution in [0.5, 0.6) is 5.06 Å². The second-order valence-electron chi connectivity index (χ2n) is 2.78. The van der Waals surface area contributed by atoms with Crippen molar-refractivity contribution in [3.8, 4) is 5.06 Å². The minimum atomic E-state index is 0.680. The SMILES string of the molecule is CCOc1sc2ccc(Cl)cc2c1Br. The summed E-state index contributed by atoms with van der Waals surface area (Å²) >= 11 is 11.1. The molecule has 0 aliphatic rings. The van der Waals surface area contributed by atoms with Crippen molar-refractivity contribution in [2.24, 2.45) is 0 Å². The van der Waals surface area contributed by atoms with E-state index in [-0.39, 0.29) is 0 Å². The van der Waals surface area contributed by atoms with Gasteiger partial charge in [-0.15, -0.1) is 0 Å². The Morgan fingerprint density at radius 2 is 2.29 bits per heavy atom. The minimum absolute atomic E-state index is 0.680. The first-order chi connectivity index (χ1) is 6.72. The highest BCUT2D eigenvalue weighted by atomic mass is 79.9. The van der Waals surface area contributed by atoms with Gasteiger partial charge in [-0.1, -0.05) is 22.9 Å². The summed E-state index contributed by atoms with van der Waals surface area (Å²) in [6.07, 6.45) is 0. The fraction of sp³-hybridized carbons (Fsp3) is 0.200. The summed E-state index contributed by atoms with van der Waals surface area (Å²) in [5, 5.41) is 2.79. The summed E-state index contributed by atoms with van der Waals surface area (Å²) in [5.74, 6) is 0. The van der Waals surface area contributed by atoms with Crippen LogP contribution in [0.15, 0.2) is 22.7 Å². The average Bonchev–Trinajstić information content (AvgIpc) is 2.46. The summed E-state index contributed by atoms with van der Waals surface area (Å²) in [6.45, 7) is 2.66. The second kappa shape index (κ2) is 4.09. The zero-order valence-electron chi connectivity index (χ0n) is 7.51. The van der Waals surface area contributed by atoms with Crippen LogP contribution in [0.1, 0.15) is 6.92 Å². The molecule has 0 N–H and O–H groups in total. The lowest BCUT2D eigenvalue weighted by molar-refractivity contribution is 0.349. The first-order valence-electron chi connectivity index (χ1n) is 4.22. The molecule has 0 saturated carbocycles. The Hall–Kier alpha value is -0.250. The Balaban J connectivity index is 2.62. The van der Waals surface area contributed by atoms with E-state index < -0.39 is 0 Å². The van der Waals surface area contributed by atoms with E-state index in [0.29, 0.717) is 6.61 Å². The Bertz CT molecular complexity index is 466. The Morgan fingerprint density at radius 1 is 1.50 bits per heavy atom. The van der Waals surface area contributed by atoms with Crippen LogP contribution in [0, 0.1) is 0 Å². The molecule has 0 bridgehead atoms. The molecule has 74 valence electrons. The van der Waals surface area contributed by atoms with Crippen molar-refractivity contribution in [3.63, 3.8) is 0 Å². The van der Waals surface area contributed by atoms with E-state index in [1.807, 2.05) is 25.1 Å². The van der Waals surface area contributed by atoms with Gasteiger partial charge in [-0.05, 0) is 41.1 Å². The molecule has 0 radical (unpaired) electrons. The van der Waals surface area contributed by atoms with E-state index in [1.165, 1.54) is 4.70 Å². The molecule has 2 rings (SSSR count). The highest BCUT2D eigenvalue weighted by Gasteiger charge is 2.10. The van der Waals surface area contributed by atoms with Crippen LogP contribution in [-0.4, -0.2) is 6.61 Å². The van der Waals surface area contributed by atoms with Gasteiger partial charge in [-0.25, -0.2) is 0 Å². The van der Waals surface area contributed by atoms with E-state index in [9.17, 15) is 0 Å². The lowest BCUT2D eigenvalue weighted by atomic mass is 10.3. The number of ether oxygens (including phenoxy) is 1. The molecule has 1 aromatic carbocycles. The lowest BCUT2D eigenvalue weighted by Crippen LogP contribution is -1.87. The molecule has 1 aromatic heterocycles. The summed E-state index contributed by atoms with van der Waals surface area (Å²) in [4.78, 5) is 0. The van der Waals surface area contributed by atoms with Crippen LogP contribution in [0.3, 0.4) is 0 Å². The zero-order valence-corrected chi connectivity index (χ0v) is 10.7. The molecule has 0 saturated heterocycles. The minimum Gasteiger partial charge on any atom is -0.483 e. The molecule has 0 unspecified atom stereocenters. The van der Waals surface area contributed by atoms with E-state index in [1.54, 1.807) is 11.3 Å². The maximum Gasteiger partial charge on any atom is 0.189 e. The summed E-state index contributed by atoms with van der Waals surface area (Å²) < 4.78 is 7.68. The van der Waals surface area contributed by atoms with Crippen molar-refractivity contribution in [1.29, 1.82) is 0 Å². The highest BCUT2D eigenvalue weighted by Crippen LogP contribution is 2.42. The van der Waals surface area contributed by atoms with E-state index in [2.05, 4.69) is 15.9 Å². The smallest absolute Gasteiger partial charge is 0.189 e. The predicted molar refractivity (Wildman–Crippen MR) is 65.7 cm³/mol. The van der Waals surface area contributed by atoms with Crippen molar-refractivity contribution >= 4 is 49.0 Å². The first kappa shape index (κ1) is 10.3. The molecule has 2 aromatic rings. The normalized spacial score (nSPS) is 10.8. The third-order valence-electron chi connectivity index (χ3n) is 1.84. The molecular formula is C10H8BrClOS. The number of hydrogen-bond acceptors (Lipinski definition) is 2. The Labute approximate surface area is 99.8 Å². The monoisotopic (exact) mass is 290 g/mol. The first-order valence-corrected chi connectivity index (χ1v) is 6.21. The second-order valence-corrected chi connectivity index (χ2v) is 5.02. The van der Waals surface area contributed by atoms with Gasteiger partial charge < -0.3 is 4.74 Å². The standard InChI is InChI=1S/C10H8BrClOS/c1-2-13-10-9(11)7-5-6(12)3-4-8(7)14-10/h3-5H,2H2,1H3. The van der Waals surface area contributed by atoms with Gasteiger partial charge in [-0.3, -0.25) is 0 Å². The third kappa shape index (κ3) is 1.76. The predicted octanol–water partition coefficient (Wildman–Crippen LogP) is 4.72. The quantitative estimate of drug-likeness (QED) is 0.778. The fourth-order valence-electron chi connectivity index (χ4n) is 1.24. The molecule has 0 amide bonds. The molecule has 0 aliphatic heterocycles. The van der Waals surface area contributed by atoms with E-state index >= 15 is 0 Å². The molecule has 4 heteroatoms. The lowest BCUT2D eigenvalue weighted by Gasteiger charge is -1.97. The van der Waals surface area contributed by atoms with Crippen LogP contribution in [0.2, 0.25) is 5.02 Å². The van der Waals surface area contributed by atoms with Crippen molar-refractivity contribution in [3.05, 3.63) is 27.7 Å². The van der Waals surface area contributed by atoms with Gasteiger partial charge in [0.25, 0.3) is 0 Å². The van der Waals surface area contributed by atoms with Gasteiger partial charge in [0.2, 0.25) is 0 Å². The van der Waals surface area contributed by atoms with Crippen LogP contribution in [0.4, 0.5) is 0 Å². The van der Waals surface area contributed by atoms with Crippen molar-refractivity contribution < 1.29 is 4.74 Å². The van der Waals surface area contributed by atoms with Gasteiger partial charge in [0.05, 0.1) is 11.1 Å². The van der Waals surface area contributed by atoms with Crippen LogP contribution in [-0.2, 0) is 0 Å². The molecule has 1 nitrogen and oxygen atoms in total. The summed E-state index contributed by atoms with van der Waals surface area (Å²) in [6, 6.07) is 5.85. The fourth-order valence-corrected chi connectivity index (χ4v) is 3.21. The summed E-state index contributed by atoms with van der Waals surface area (Å²) in [7, 11) is 0. The molecule has 0 spiro atoms. The molecule has 0 atom stereocenters. The van der Waals surface area contributed by atoms with Crippen molar-refractivity contribution in [2.45, 2.75) is 6.92 Å². The van der Waals surface area contributed by atoms with Gasteiger partial charge in [0.1, 0.15) is 0 Å². The van der Waals surface area contributed by atoms with Crippen LogP contribution in [0.25, 0.3) is 10.1 Å². The van der Waals surface area contributed by atoms with Gasteiger partial charge in [-0.2, -0.15) is 0 Å². The highest BCUT2D eigenvalue weighted by molar-refractivity contribution is 9.10.